The molecule has 4 N–H and O–H groups in total. The van der Waals surface area contributed by atoms with E-state index in [2.05, 4.69) is 28.6 Å². The minimum atomic E-state index is -1.04. The van der Waals surface area contributed by atoms with E-state index in [0.717, 1.165) is 13.0 Å². The molecule has 0 aromatic heterocycles. The minimum absolute atomic E-state index is 0.0881. The number of amides is 3. The fraction of sp³-hybridized carbons (Fsp3) is 0.778. The Morgan fingerprint density at radius 2 is 1.89 bits per heavy atom. The lowest BCUT2D eigenvalue weighted by atomic mass is 10.0. The second-order valence-electron chi connectivity index (χ2n) is 7.65. The molecule has 4 unspecified atom stereocenters. The van der Waals surface area contributed by atoms with E-state index in [9.17, 15) is 24.3 Å². The van der Waals surface area contributed by atoms with E-state index >= 15 is 0 Å². The van der Waals surface area contributed by atoms with E-state index in [1.54, 1.807) is 13.8 Å². The second-order valence-corrected chi connectivity index (χ2v) is 8.02. The first-order valence-electron chi connectivity index (χ1n) is 9.74. The molecule has 158 valence electrons. The number of thiol groups is 1. The second kappa shape index (κ2) is 10.1. The molecule has 2 saturated heterocycles. The molecule has 0 aromatic rings. The summed E-state index contributed by atoms with van der Waals surface area (Å²) in [6.07, 6.45) is 2.64. The number of aliphatic carboxylic acids is 1. The predicted molar refractivity (Wildman–Crippen MR) is 106 cm³/mol. The zero-order valence-electron chi connectivity index (χ0n) is 16.3. The molecule has 2 aliphatic rings. The number of rotatable bonds is 8. The molecule has 2 aliphatic heterocycles. The Bertz CT molecular complexity index is 609. The fourth-order valence-corrected chi connectivity index (χ4v) is 3.87. The monoisotopic (exact) mass is 414 g/mol. The van der Waals surface area contributed by atoms with Crippen LogP contribution in [0.3, 0.4) is 0 Å². The van der Waals surface area contributed by atoms with Gasteiger partial charge in [0.2, 0.25) is 17.7 Å². The molecule has 0 aromatic carbocycles. The summed E-state index contributed by atoms with van der Waals surface area (Å²) in [5.41, 5.74) is 0. The first-order valence-corrected chi connectivity index (χ1v) is 10.4. The van der Waals surface area contributed by atoms with Gasteiger partial charge in [0.15, 0.2) is 0 Å². The summed E-state index contributed by atoms with van der Waals surface area (Å²) in [7, 11) is 0. The van der Waals surface area contributed by atoms with Gasteiger partial charge >= 0.3 is 5.97 Å². The van der Waals surface area contributed by atoms with E-state index in [1.807, 2.05) is 0 Å². The van der Waals surface area contributed by atoms with Gasteiger partial charge in [0.05, 0.1) is 6.04 Å². The molecule has 0 radical (unpaired) electrons. The number of carboxylic acids is 1. The third-order valence-corrected chi connectivity index (χ3v) is 5.61. The Kier molecular flexibility index (Phi) is 8.11. The van der Waals surface area contributed by atoms with Crippen molar-refractivity contribution in [3.05, 3.63) is 0 Å². The van der Waals surface area contributed by atoms with E-state index in [-0.39, 0.29) is 23.6 Å². The highest BCUT2D eigenvalue weighted by atomic mass is 32.1. The van der Waals surface area contributed by atoms with Crippen LogP contribution in [0.1, 0.15) is 39.5 Å². The van der Waals surface area contributed by atoms with Crippen molar-refractivity contribution in [2.24, 2.45) is 5.92 Å². The van der Waals surface area contributed by atoms with E-state index < -0.39 is 35.9 Å². The molecule has 0 bridgehead atoms. The third-order valence-electron chi connectivity index (χ3n) is 5.24. The lowest BCUT2D eigenvalue weighted by Crippen LogP contribution is -2.58. The molecule has 0 aliphatic carbocycles. The summed E-state index contributed by atoms with van der Waals surface area (Å²) in [6.45, 7) is 4.69. The van der Waals surface area contributed by atoms with Gasteiger partial charge in [-0.05, 0) is 38.1 Å². The van der Waals surface area contributed by atoms with Crippen molar-refractivity contribution in [3.8, 4) is 0 Å². The van der Waals surface area contributed by atoms with Crippen molar-refractivity contribution < 1.29 is 24.3 Å². The van der Waals surface area contributed by atoms with Crippen LogP contribution in [0.15, 0.2) is 0 Å². The summed E-state index contributed by atoms with van der Waals surface area (Å²) in [4.78, 5) is 50.6. The van der Waals surface area contributed by atoms with Gasteiger partial charge in [0.25, 0.3) is 0 Å². The van der Waals surface area contributed by atoms with E-state index in [0.29, 0.717) is 25.8 Å². The summed E-state index contributed by atoms with van der Waals surface area (Å²) in [5, 5.41) is 17.8. The van der Waals surface area contributed by atoms with Crippen molar-refractivity contribution in [2.45, 2.75) is 63.7 Å². The number of carbonyl (C=O) groups is 4. The van der Waals surface area contributed by atoms with Crippen LogP contribution in [-0.2, 0) is 19.2 Å². The van der Waals surface area contributed by atoms with E-state index in [1.165, 1.54) is 4.90 Å². The van der Waals surface area contributed by atoms with Gasteiger partial charge in [-0.15, -0.1) is 0 Å². The van der Waals surface area contributed by atoms with Gasteiger partial charge in [0, 0.05) is 12.3 Å². The number of hydrogen-bond acceptors (Lipinski definition) is 6. The molecular formula is C18H30N4O5S. The first kappa shape index (κ1) is 22.5. The molecule has 3 amide bonds. The zero-order valence-corrected chi connectivity index (χ0v) is 17.2. The van der Waals surface area contributed by atoms with Gasteiger partial charge in [-0.2, -0.15) is 12.6 Å². The molecule has 2 heterocycles. The number of likely N-dealkylation sites (tertiary alicyclic amines) is 1. The van der Waals surface area contributed by atoms with E-state index in [4.69, 9.17) is 0 Å². The average molecular weight is 415 g/mol. The van der Waals surface area contributed by atoms with Crippen LogP contribution in [0.2, 0.25) is 0 Å². The highest BCUT2D eigenvalue weighted by Gasteiger charge is 2.39. The number of carbonyl (C=O) groups excluding carboxylic acids is 3. The van der Waals surface area contributed by atoms with Crippen LogP contribution < -0.4 is 16.0 Å². The van der Waals surface area contributed by atoms with Crippen LogP contribution in [-0.4, -0.2) is 76.7 Å². The van der Waals surface area contributed by atoms with Crippen molar-refractivity contribution in [1.82, 2.24) is 20.9 Å². The minimum Gasteiger partial charge on any atom is -0.480 e. The number of carboxylic acid groups (broad SMARTS) is 1. The number of nitrogens with one attached hydrogen (secondary N) is 3. The average Bonchev–Trinajstić information content (AvgIpc) is 3.34. The first-order chi connectivity index (χ1) is 13.3. The van der Waals surface area contributed by atoms with Crippen LogP contribution >= 0.6 is 12.6 Å². The van der Waals surface area contributed by atoms with Gasteiger partial charge in [-0.1, -0.05) is 13.8 Å². The number of hydrogen-bond donors (Lipinski definition) is 5. The standard InChI is InChI=1S/C18H30N4O5S/c1-10(2)14(17(25)22-8-4-6-13(22)18(26)27)21-16(24)12(9-28)20-15(23)11-5-3-7-19-11/h10-14,19,28H,3-9H2,1-2H3,(H,20,23)(H,21,24)(H,26,27). The highest BCUT2D eigenvalue weighted by Crippen LogP contribution is 2.20. The maximum absolute atomic E-state index is 12.9. The highest BCUT2D eigenvalue weighted by molar-refractivity contribution is 7.80. The summed E-state index contributed by atoms with van der Waals surface area (Å²) in [6, 6.07) is -2.92. The number of nitrogens with zero attached hydrogens (tertiary/aromatic N) is 1. The van der Waals surface area contributed by atoms with Gasteiger partial charge in [0.1, 0.15) is 18.1 Å². The molecular weight excluding hydrogens is 384 g/mol. The van der Waals surface area contributed by atoms with Crippen LogP contribution in [0.4, 0.5) is 0 Å². The molecule has 9 nitrogen and oxygen atoms in total. The van der Waals surface area contributed by atoms with Gasteiger partial charge in [-0.25, -0.2) is 4.79 Å². The van der Waals surface area contributed by atoms with Gasteiger partial charge < -0.3 is 26.0 Å². The Labute approximate surface area is 170 Å². The Balaban J connectivity index is 2.02. The SMILES string of the molecule is CC(C)C(NC(=O)C(CS)NC(=O)C1CCCN1)C(=O)N1CCCC1C(=O)O. The van der Waals surface area contributed by atoms with Crippen molar-refractivity contribution in [3.63, 3.8) is 0 Å². The normalized spacial score (nSPS) is 24.1. The van der Waals surface area contributed by atoms with Gasteiger partial charge in [-0.3, -0.25) is 14.4 Å². The summed E-state index contributed by atoms with van der Waals surface area (Å²) in [5.74, 6) is -2.35. The van der Waals surface area contributed by atoms with Crippen LogP contribution in [0.25, 0.3) is 0 Å². The maximum Gasteiger partial charge on any atom is 0.326 e. The molecule has 0 spiro atoms. The lowest BCUT2D eigenvalue weighted by molar-refractivity contribution is -0.150. The van der Waals surface area contributed by atoms with Crippen LogP contribution in [0.5, 0.6) is 0 Å². The smallest absolute Gasteiger partial charge is 0.326 e. The van der Waals surface area contributed by atoms with Crippen molar-refractivity contribution in [2.75, 3.05) is 18.8 Å². The molecule has 2 rings (SSSR count). The Morgan fingerprint density at radius 3 is 2.43 bits per heavy atom. The van der Waals surface area contributed by atoms with Crippen molar-refractivity contribution >= 4 is 36.3 Å². The summed E-state index contributed by atoms with van der Waals surface area (Å²) < 4.78 is 0. The van der Waals surface area contributed by atoms with Crippen molar-refractivity contribution in [1.29, 1.82) is 0 Å². The molecule has 0 saturated carbocycles. The predicted octanol–water partition coefficient (Wildman–Crippen LogP) is -0.631. The Morgan fingerprint density at radius 1 is 1.18 bits per heavy atom. The third kappa shape index (κ3) is 5.38. The topological polar surface area (TPSA) is 128 Å². The quantitative estimate of drug-likeness (QED) is 0.337. The zero-order chi connectivity index (χ0) is 20.8. The summed E-state index contributed by atoms with van der Waals surface area (Å²) >= 11 is 4.16. The molecule has 10 heteroatoms. The molecule has 2 fully saturated rings. The molecule has 28 heavy (non-hydrogen) atoms. The fourth-order valence-electron chi connectivity index (χ4n) is 3.61. The maximum atomic E-state index is 12.9. The lowest BCUT2D eigenvalue weighted by Gasteiger charge is -2.30. The van der Waals surface area contributed by atoms with Crippen LogP contribution in [0, 0.1) is 5.92 Å². The Hall–Kier alpha value is -1.81. The largest absolute Gasteiger partial charge is 0.480 e. The molecule has 4 atom stereocenters.